The summed E-state index contributed by atoms with van der Waals surface area (Å²) in [6, 6.07) is 126. The Balaban J connectivity index is 0.000000161. The Morgan fingerprint density at radius 2 is 0.468 bits per heavy atom. The van der Waals surface area contributed by atoms with E-state index >= 15 is 0 Å². The van der Waals surface area contributed by atoms with Crippen molar-refractivity contribution >= 4 is 34.7 Å². The fraction of sp³-hybridized carbons (Fsp3) is 0.150. The predicted octanol–water partition coefficient (Wildman–Crippen LogP) is 29.6. The van der Waals surface area contributed by atoms with Crippen molar-refractivity contribution in [3.8, 4) is 51.7 Å². The number of carbonyl (C=O) groups excluding carboxylic acids is 6. The number of hydrogen-bond acceptors (Lipinski definition) is 12. The van der Waals surface area contributed by atoms with E-state index in [4.69, 9.17) is 28.4 Å². The van der Waals surface area contributed by atoms with Crippen LogP contribution in [0.4, 0.5) is 0 Å². The van der Waals surface area contributed by atoms with Crippen LogP contribution in [0.2, 0.25) is 0 Å². The molecule has 12 nitrogen and oxygen atoms in total. The van der Waals surface area contributed by atoms with Crippen LogP contribution in [0.25, 0.3) is 0 Å². The molecule has 0 aliphatic carbocycles. The smallest absolute Gasteiger partial charge is 0.193 e. The van der Waals surface area contributed by atoms with Crippen molar-refractivity contribution in [2.45, 2.75) is 106 Å². The van der Waals surface area contributed by atoms with Crippen LogP contribution in [0.1, 0.15) is 219 Å². The van der Waals surface area contributed by atoms with Crippen molar-refractivity contribution in [2.75, 3.05) is 21.3 Å². The monoisotopic (exact) mass is 1830 g/mol. The predicted molar refractivity (Wildman–Crippen MR) is 556 cm³/mol. The minimum Gasteiger partial charge on any atom is -0.497 e. The van der Waals surface area contributed by atoms with Crippen LogP contribution in [0, 0.1) is 48.5 Å². The van der Waals surface area contributed by atoms with Crippen LogP contribution in [-0.4, -0.2) is 56.0 Å². The van der Waals surface area contributed by atoms with Crippen LogP contribution >= 0.6 is 0 Å². The largest absolute Gasteiger partial charge is 0.497 e. The highest BCUT2D eigenvalue weighted by Gasteiger charge is 2.33. The molecule has 0 fully saturated rings. The van der Waals surface area contributed by atoms with Crippen molar-refractivity contribution < 1.29 is 57.2 Å². The van der Waals surface area contributed by atoms with Crippen LogP contribution in [-0.2, 0) is 22.7 Å². The summed E-state index contributed by atoms with van der Waals surface area (Å²) in [5.74, 6) is 6.09. The normalized spacial score (nSPS) is 11.5. The van der Waals surface area contributed by atoms with Gasteiger partial charge in [0.25, 0.3) is 0 Å². The summed E-state index contributed by atoms with van der Waals surface area (Å²) in [6.07, 6.45) is 0.760. The van der Waals surface area contributed by atoms with Crippen LogP contribution in [0.5, 0.6) is 51.7 Å². The lowest BCUT2D eigenvalue weighted by Gasteiger charge is -2.32. The molecule has 17 aromatic carbocycles. The lowest BCUT2D eigenvalue weighted by atomic mass is 9.71. The van der Waals surface area contributed by atoms with Gasteiger partial charge in [0.15, 0.2) is 34.7 Å². The minimum atomic E-state index is -0.483. The van der Waals surface area contributed by atoms with E-state index in [1.807, 2.05) is 204 Å². The van der Waals surface area contributed by atoms with Gasteiger partial charge < -0.3 is 28.4 Å². The lowest BCUT2D eigenvalue weighted by Crippen LogP contribution is -2.25. The van der Waals surface area contributed by atoms with E-state index in [0.29, 0.717) is 95.7 Å². The van der Waals surface area contributed by atoms with Crippen LogP contribution in [0.3, 0.4) is 0 Å². The fourth-order valence-electron chi connectivity index (χ4n) is 17.1. The molecule has 0 saturated carbocycles. The molecule has 0 N–H and O–H groups in total. The van der Waals surface area contributed by atoms with Gasteiger partial charge in [-0.05, 0) is 304 Å². The first-order chi connectivity index (χ1) is 66.9. The van der Waals surface area contributed by atoms with Crippen molar-refractivity contribution in [1.82, 2.24) is 0 Å². The maximum atomic E-state index is 13.3. The summed E-state index contributed by atoms with van der Waals surface area (Å²) in [6.45, 7) is 25.1. The van der Waals surface area contributed by atoms with Gasteiger partial charge in [-0.25, -0.2) is 0 Å². The molecule has 0 aliphatic rings. The van der Waals surface area contributed by atoms with Crippen molar-refractivity contribution in [1.29, 1.82) is 0 Å². The summed E-state index contributed by atoms with van der Waals surface area (Å²) in [7, 11) is 5.01. The first-order valence-electron chi connectivity index (χ1n) is 46.5. The standard InChI is InChI=1S/C53H48O4.2C37H32O4/c1-34-9-8-10-41(29-34)51(54)44-17-28-50(38(5)32-44)57-49-26-22-47(23-27-49)53(6,46-20-24-48(56-7)25-21-46)45-18-12-39(13-19-45)33-40-15-16-43(31-37(40)4)52(55)42-14-11-35(2)36(3)30-42;2*1-25-8-10-26(11-9-25)35(38)28-6-5-7-29(24-28)36(39)27-12-18-33(19-13-27)41-34-22-16-31(17-23-34)37(2,3)30-14-20-32(40-4)21-15-30/h8-32H,33H2,1-7H3;2*5-24H,1-4H3. The summed E-state index contributed by atoms with van der Waals surface area (Å²) in [5.41, 5.74) is 24.0. The Hall–Kier alpha value is -16.4. The van der Waals surface area contributed by atoms with Gasteiger partial charge in [-0.2, -0.15) is 0 Å². The fourth-order valence-corrected chi connectivity index (χ4v) is 17.1. The summed E-state index contributed by atoms with van der Waals surface area (Å²) in [5, 5.41) is 0. The second kappa shape index (κ2) is 43.1. The molecule has 17 aromatic rings. The number of benzene rings is 17. The molecule has 1 atom stereocenters. The van der Waals surface area contributed by atoms with E-state index in [1.165, 1.54) is 38.9 Å². The highest BCUT2D eigenvalue weighted by atomic mass is 16.5. The van der Waals surface area contributed by atoms with Gasteiger partial charge in [0, 0.05) is 83.0 Å². The zero-order valence-corrected chi connectivity index (χ0v) is 81.1. The van der Waals surface area contributed by atoms with Crippen molar-refractivity contribution in [2.24, 2.45) is 0 Å². The van der Waals surface area contributed by atoms with E-state index in [-0.39, 0.29) is 45.5 Å². The molecule has 0 bridgehead atoms. The quantitative estimate of drug-likeness (QED) is 0.0310. The highest BCUT2D eigenvalue weighted by Crippen LogP contribution is 2.43. The van der Waals surface area contributed by atoms with Crippen molar-refractivity contribution in [3.05, 3.63) is 550 Å². The van der Waals surface area contributed by atoms with Gasteiger partial charge in [0.1, 0.15) is 51.7 Å². The minimum absolute atomic E-state index is 0.00497. The molecule has 17 rings (SSSR count). The number of carbonyl (C=O) groups is 6. The highest BCUT2D eigenvalue weighted by molar-refractivity contribution is 6.15. The van der Waals surface area contributed by atoms with Gasteiger partial charge >= 0.3 is 0 Å². The molecule has 0 heterocycles. The molecule has 0 aromatic heterocycles. The van der Waals surface area contributed by atoms with E-state index in [0.717, 1.165) is 79.3 Å². The van der Waals surface area contributed by atoms with Gasteiger partial charge in [-0.1, -0.05) is 269 Å². The molecule has 0 saturated heterocycles. The molecule has 0 spiro atoms. The lowest BCUT2D eigenvalue weighted by molar-refractivity contribution is 0.102. The van der Waals surface area contributed by atoms with Gasteiger partial charge in [0.2, 0.25) is 0 Å². The molecule has 12 heteroatoms. The Labute approximate surface area is 815 Å². The molecule has 1 unspecified atom stereocenters. The summed E-state index contributed by atoms with van der Waals surface area (Å²) in [4.78, 5) is 78.7. The maximum Gasteiger partial charge on any atom is 0.193 e. The number of methoxy groups -OCH3 is 3. The summed E-state index contributed by atoms with van der Waals surface area (Å²) >= 11 is 0. The number of ether oxygens (including phenoxy) is 6. The first kappa shape index (κ1) is 97.1. The van der Waals surface area contributed by atoms with Crippen molar-refractivity contribution in [3.63, 3.8) is 0 Å². The Morgan fingerprint density at radius 1 is 0.209 bits per heavy atom. The molecule has 692 valence electrons. The molecular weight excluding hydrogens is 1720 g/mol. The molecule has 139 heavy (non-hydrogen) atoms. The van der Waals surface area contributed by atoms with E-state index < -0.39 is 5.41 Å². The third kappa shape index (κ3) is 23.1. The van der Waals surface area contributed by atoms with Gasteiger partial charge in [-0.15, -0.1) is 0 Å². The topological polar surface area (TPSA) is 158 Å². The van der Waals surface area contributed by atoms with E-state index in [2.05, 4.69) is 152 Å². The van der Waals surface area contributed by atoms with E-state index in [1.54, 1.807) is 143 Å². The molecule has 0 amide bonds. The molecule has 0 radical (unpaired) electrons. The van der Waals surface area contributed by atoms with Gasteiger partial charge in [-0.3, -0.25) is 28.8 Å². The Bertz CT molecular complexity index is 7020. The van der Waals surface area contributed by atoms with Crippen LogP contribution in [0.15, 0.2) is 394 Å². The summed E-state index contributed by atoms with van der Waals surface area (Å²) < 4.78 is 34.6. The molecular formula is C127H112O12. The van der Waals surface area contributed by atoms with Gasteiger partial charge in [0.05, 0.1) is 21.3 Å². The third-order valence-electron chi connectivity index (χ3n) is 26.2. The SMILES string of the molecule is COc1ccc(C(C)(C)c2ccc(Oc3ccc(C(=O)c4cccc(C(=O)c5ccc(C)cc5)c4)cc3)cc2)cc1.COc1ccc(C(C)(C)c2ccc(Oc3ccc(C(=O)c4cccc(C(=O)c5ccc(C)cc5)c4)cc3)cc2)cc1.COc1ccc(C(C)(c2ccc(Cc3ccc(C(=O)c4ccc(C)c(C)c4)cc3C)cc2)c2ccc(Oc3ccc(C(=O)c4cccc(C)c4)cc3C)cc2)cc1. The second-order valence-electron chi connectivity index (χ2n) is 36.5. The number of ketones is 6. The Morgan fingerprint density at radius 3 is 0.799 bits per heavy atom. The maximum absolute atomic E-state index is 13.3. The second-order valence-corrected chi connectivity index (χ2v) is 36.5. The van der Waals surface area contributed by atoms with E-state index in [9.17, 15) is 28.8 Å². The zero-order chi connectivity index (χ0) is 98.2. The molecule has 0 aliphatic heterocycles. The number of aryl methyl sites for hydroxylation is 7. The number of hydrogen-bond donors (Lipinski definition) is 0. The zero-order valence-electron chi connectivity index (χ0n) is 81.1. The average molecular weight is 1830 g/mol. The average Bonchev–Trinajstić information content (AvgIpc) is 0.758. The third-order valence-corrected chi connectivity index (χ3v) is 26.2. The Kier molecular flexibility index (Phi) is 30.1. The first-order valence-corrected chi connectivity index (χ1v) is 46.5. The number of rotatable bonds is 30. The van der Waals surface area contributed by atoms with Crippen LogP contribution < -0.4 is 28.4 Å².